The van der Waals surface area contributed by atoms with Crippen LogP contribution in [0.3, 0.4) is 0 Å². The Morgan fingerprint density at radius 3 is 2.65 bits per heavy atom. The van der Waals surface area contributed by atoms with Crippen molar-refractivity contribution in [3.8, 4) is 0 Å². The van der Waals surface area contributed by atoms with Gasteiger partial charge in [-0.1, -0.05) is 6.07 Å². The Balaban J connectivity index is 2.28. The topological polar surface area (TPSA) is 51.2 Å². The molecule has 0 amide bonds. The maximum absolute atomic E-state index is 11.4. The number of pyridine rings is 1. The van der Waals surface area contributed by atoms with Gasteiger partial charge in [0.25, 0.3) is 0 Å². The van der Waals surface area contributed by atoms with Crippen molar-refractivity contribution >= 4 is 11.8 Å². The zero-order valence-corrected chi connectivity index (χ0v) is 10.9. The van der Waals surface area contributed by atoms with Crippen LogP contribution >= 0.6 is 0 Å². The van der Waals surface area contributed by atoms with E-state index in [2.05, 4.69) is 10.3 Å². The van der Waals surface area contributed by atoms with Gasteiger partial charge < -0.3 is 10.1 Å². The second-order valence-corrected chi connectivity index (χ2v) is 4.98. The van der Waals surface area contributed by atoms with Crippen LogP contribution in [-0.4, -0.2) is 23.1 Å². The molecule has 1 aromatic rings. The summed E-state index contributed by atoms with van der Waals surface area (Å²) in [6, 6.07) is 3.87. The molecule has 0 fully saturated rings. The number of nitrogens with zero attached hydrogens (tertiary/aromatic N) is 1. The number of nitrogens with one attached hydrogen (secondary N) is 1. The quantitative estimate of drug-likeness (QED) is 0.816. The molecule has 0 saturated carbocycles. The van der Waals surface area contributed by atoms with E-state index in [-0.39, 0.29) is 5.97 Å². The summed E-state index contributed by atoms with van der Waals surface area (Å²) < 4.78 is 5.20. The maximum Gasteiger partial charge on any atom is 0.308 e. The predicted octanol–water partition coefficient (Wildman–Crippen LogP) is 2.53. The molecule has 94 valence electrons. The Morgan fingerprint density at radius 2 is 2.12 bits per heavy atom. The van der Waals surface area contributed by atoms with Crippen LogP contribution in [0.5, 0.6) is 0 Å². The van der Waals surface area contributed by atoms with Gasteiger partial charge in [0.2, 0.25) is 0 Å². The molecule has 0 saturated heterocycles. The third kappa shape index (κ3) is 5.90. The van der Waals surface area contributed by atoms with Crippen LogP contribution in [0.2, 0.25) is 0 Å². The van der Waals surface area contributed by atoms with E-state index < -0.39 is 5.60 Å². The number of hydrogen-bond acceptors (Lipinski definition) is 4. The van der Waals surface area contributed by atoms with Crippen molar-refractivity contribution in [3.05, 3.63) is 23.9 Å². The summed E-state index contributed by atoms with van der Waals surface area (Å²) in [5.74, 6) is 0.580. The number of hydrogen-bond donors (Lipinski definition) is 1. The zero-order chi connectivity index (χ0) is 12.9. The van der Waals surface area contributed by atoms with Crippen molar-refractivity contribution in [2.24, 2.45) is 0 Å². The fraction of sp³-hybridized carbons (Fsp3) is 0.538. The third-order valence-electron chi connectivity index (χ3n) is 1.97. The Hall–Kier alpha value is -1.58. The van der Waals surface area contributed by atoms with Gasteiger partial charge in [0.05, 0.1) is 6.42 Å². The lowest BCUT2D eigenvalue weighted by molar-refractivity contribution is -0.154. The number of esters is 1. The summed E-state index contributed by atoms with van der Waals surface area (Å²) in [7, 11) is 0. The molecule has 1 N–H and O–H groups in total. The fourth-order valence-corrected chi connectivity index (χ4v) is 1.26. The lowest BCUT2D eigenvalue weighted by Gasteiger charge is -2.19. The minimum atomic E-state index is -0.417. The van der Waals surface area contributed by atoms with Crippen LogP contribution in [0.1, 0.15) is 32.8 Å². The van der Waals surface area contributed by atoms with Gasteiger partial charge in [0.1, 0.15) is 11.4 Å². The SMILES string of the molecule is Cc1ccc(NCCC(=O)OC(C)(C)C)nc1. The average Bonchev–Trinajstić information content (AvgIpc) is 2.18. The van der Waals surface area contributed by atoms with Gasteiger partial charge in [-0.25, -0.2) is 4.98 Å². The summed E-state index contributed by atoms with van der Waals surface area (Å²) >= 11 is 0. The van der Waals surface area contributed by atoms with Gasteiger partial charge in [-0.2, -0.15) is 0 Å². The molecule has 1 heterocycles. The third-order valence-corrected chi connectivity index (χ3v) is 1.97. The smallest absolute Gasteiger partial charge is 0.308 e. The van der Waals surface area contributed by atoms with Crippen molar-refractivity contribution in [2.45, 2.75) is 39.7 Å². The lowest BCUT2D eigenvalue weighted by atomic mass is 10.2. The van der Waals surface area contributed by atoms with E-state index in [0.717, 1.165) is 11.4 Å². The van der Waals surface area contributed by atoms with Gasteiger partial charge in [-0.15, -0.1) is 0 Å². The lowest BCUT2D eigenvalue weighted by Crippen LogP contribution is -2.25. The second kappa shape index (κ2) is 5.66. The molecule has 4 heteroatoms. The Kier molecular flexibility index (Phi) is 4.49. The summed E-state index contributed by atoms with van der Waals surface area (Å²) in [5.41, 5.74) is 0.696. The molecular formula is C13H20N2O2. The van der Waals surface area contributed by atoms with Gasteiger partial charge in [-0.3, -0.25) is 4.79 Å². The number of carbonyl (C=O) groups is 1. The van der Waals surface area contributed by atoms with Crippen molar-refractivity contribution in [1.82, 2.24) is 4.98 Å². The van der Waals surface area contributed by atoms with Crippen LogP contribution in [0.15, 0.2) is 18.3 Å². The molecule has 1 aromatic heterocycles. The Morgan fingerprint density at radius 1 is 1.41 bits per heavy atom. The van der Waals surface area contributed by atoms with Crippen LogP contribution in [-0.2, 0) is 9.53 Å². The molecule has 0 radical (unpaired) electrons. The van der Waals surface area contributed by atoms with E-state index >= 15 is 0 Å². The highest BCUT2D eigenvalue weighted by atomic mass is 16.6. The minimum absolute atomic E-state index is 0.197. The summed E-state index contributed by atoms with van der Waals surface area (Å²) in [5, 5.41) is 3.08. The molecule has 17 heavy (non-hydrogen) atoms. The number of carbonyl (C=O) groups excluding carboxylic acids is 1. The monoisotopic (exact) mass is 236 g/mol. The van der Waals surface area contributed by atoms with E-state index in [4.69, 9.17) is 4.74 Å². The van der Waals surface area contributed by atoms with Gasteiger partial charge >= 0.3 is 5.97 Å². The van der Waals surface area contributed by atoms with Crippen LogP contribution in [0.4, 0.5) is 5.82 Å². The molecule has 1 rings (SSSR count). The summed E-state index contributed by atoms with van der Waals surface area (Å²) in [4.78, 5) is 15.6. The van der Waals surface area contributed by atoms with Crippen molar-refractivity contribution < 1.29 is 9.53 Å². The normalized spacial score (nSPS) is 11.1. The van der Waals surface area contributed by atoms with Crippen LogP contribution in [0.25, 0.3) is 0 Å². The second-order valence-electron chi connectivity index (χ2n) is 4.98. The van der Waals surface area contributed by atoms with Crippen LogP contribution in [0, 0.1) is 6.92 Å². The molecule has 0 aliphatic heterocycles. The molecule has 4 nitrogen and oxygen atoms in total. The number of aryl methyl sites for hydroxylation is 1. The highest BCUT2D eigenvalue weighted by molar-refractivity contribution is 5.70. The molecular weight excluding hydrogens is 216 g/mol. The fourth-order valence-electron chi connectivity index (χ4n) is 1.26. The molecule has 0 bridgehead atoms. The van der Waals surface area contributed by atoms with Crippen molar-refractivity contribution in [2.75, 3.05) is 11.9 Å². The average molecular weight is 236 g/mol. The first-order chi connectivity index (χ1) is 7.87. The molecule has 0 unspecified atom stereocenters. The number of rotatable bonds is 4. The first-order valence-corrected chi connectivity index (χ1v) is 5.75. The molecule has 0 spiro atoms. The van der Waals surface area contributed by atoms with Crippen molar-refractivity contribution in [3.63, 3.8) is 0 Å². The first kappa shape index (κ1) is 13.5. The largest absolute Gasteiger partial charge is 0.460 e. The van der Waals surface area contributed by atoms with E-state index in [1.54, 1.807) is 6.20 Å². The Labute approximate surface area is 102 Å². The summed E-state index contributed by atoms with van der Waals surface area (Å²) in [6.07, 6.45) is 2.13. The van der Waals surface area contributed by atoms with E-state index in [1.165, 1.54) is 0 Å². The highest BCUT2D eigenvalue weighted by Crippen LogP contribution is 2.08. The predicted molar refractivity (Wildman–Crippen MR) is 67.9 cm³/mol. The number of aromatic nitrogens is 1. The van der Waals surface area contributed by atoms with Gasteiger partial charge in [0, 0.05) is 12.7 Å². The van der Waals surface area contributed by atoms with Gasteiger partial charge in [-0.05, 0) is 39.3 Å². The molecule has 0 aliphatic carbocycles. The molecule has 0 aromatic carbocycles. The first-order valence-electron chi connectivity index (χ1n) is 5.75. The van der Waals surface area contributed by atoms with E-state index in [9.17, 15) is 4.79 Å². The minimum Gasteiger partial charge on any atom is -0.460 e. The molecule has 0 aliphatic rings. The zero-order valence-electron chi connectivity index (χ0n) is 10.9. The van der Waals surface area contributed by atoms with Gasteiger partial charge in [0.15, 0.2) is 0 Å². The summed E-state index contributed by atoms with van der Waals surface area (Å²) in [6.45, 7) is 8.10. The Bertz CT molecular complexity index is 366. The standard InChI is InChI=1S/C13H20N2O2/c1-10-5-6-11(15-9-10)14-8-7-12(16)17-13(2,3)4/h5-6,9H,7-8H2,1-4H3,(H,14,15). The van der Waals surface area contributed by atoms with Crippen molar-refractivity contribution in [1.29, 1.82) is 0 Å². The number of anilines is 1. The highest BCUT2D eigenvalue weighted by Gasteiger charge is 2.15. The van der Waals surface area contributed by atoms with Crippen LogP contribution < -0.4 is 5.32 Å². The van der Waals surface area contributed by atoms with E-state index in [0.29, 0.717) is 13.0 Å². The maximum atomic E-state index is 11.4. The number of ether oxygens (including phenoxy) is 1. The van der Waals surface area contributed by atoms with E-state index in [1.807, 2.05) is 39.8 Å². The molecule has 0 atom stereocenters.